The summed E-state index contributed by atoms with van der Waals surface area (Å²) in [6, 6.07) is 9.29. The van der Waals surface area contributed by atoms with E-state index in [4.69, 9.17) is 10.5 Å². The van der Waals surface area contributed by atoms with Crippen LogP contribution in [0.4, 0.5) is 0 Å². The average Bonchev–Trinajstić information content (AvgIpc) is 2.79. The summed E-state index contributed by atoms with van der Waals surface area (Å²) >= 11 is 0. The smallest absolute Gasteiger partial charge is 0.289 e. The molecule has 6 heteroatoms. The lowest BCUT2D eigenvalue weighted by Crippen LogP contribution is -2.26. The van der Waals surface area contributed by atoms with E-state index in [2.05, 4.69) is 4.99 Å². The second kappa shape index (κ2) is 6.50. The molecule has 1 heterocycles. The number of aromatic nitrogens is 2. The second-order valence-electron chi connectivity index (χ2n) is 5.92. The van der Waals surface area contributed by atoms with Crippen molar-refractivity contribution in [3.63, 3.8) is 0 Å². The highest BCUT2D eigenvalue weighted by Crippen LogP contribution is 2.22. The van der Waals surface area contributed by atoms with Crippen molar-refractivity contribution in [1.82, 2.24) is 9.13 Å². The summed E-state index contributed by atoms with van der Waals surface area (Å²) in [4.78, 5) is 16.6. The van der Waals surface area contributed by atoms with Crippen molar-refractivity contribution in [3.8, 4) is 12.1 Å². The molecule has 0 bridgehead atoms. The normalized spacial score (nSPS) is 10.8. The zero-order chi connectivity index (χ0) is 17.1. The molecule has 1 aromatic heterocycles. The lowest BCUT2D eigenvalue weighted by Gasteiger charge is -2.07. The SMILES string of the molecule is CC(C)n1c(=O)n(C(C)C)c2cc(CN=C(C#N)C#N)ccc21. The van der Waals surface area contributed by atoms with E-state index in [1.54, 1.807) is 21.3 Å². The van der Waals surface area contributed by atoms with E-state index < -0.39 is 0 Å². The first kappa shape index (κ1) is 16.5. The standard InChI is InChI=1S/C17H19N5O/c1-11(2)21-15-6-5-13(10-20-14(8-18)9-19)7-16(15)22(12(3)4)17(21)23/h5-7,11-12H,10H2,1-4H3. The van der Waals surface area contributed by atoms with Gasteiger partial charge in [0.25, 0.3) is 0 Å². The molecular weight excluding hydrogens is 290 g/mol. The van der Waals surface area contributed by atoms with E-state index in [0.717, 1.165) is 16.6 Å². The van der Waals surface area contributed by atoms with Crippen molar-refractivity contribution in [1.29, 1.82) is 10.5 Å². The largest absolute Gasteiger partial charge is 0.329 e. The number of imidazole rings is 1. The highest BCUT2D eigenvalue weighted by atomic mass is 16.1. The molecule has 1 aromatic carbocycles. The second-order valence-corrected chi connectivity index (χ2v) is 5.92. The third-order valence-electron chi connectivity index (χ3n) is 3.64. The number of rotatable bonds is 4. The van der Waals surface area contributed by atoms with Gasteiger partial charge in [0.15, 0.2) is 0 Å². The van der Waals surface area contributed by atoms with Crippen molar-refractivity contribution in [3.05, 3.63) is 34.2 Å². The zero-order valence-corrected chi connectivity index (χ0v) is 13.7. The van der Waals surface area contributed by atoms with Crippen LogP contribution < -0.4 is 5.69 Å². The molecule has 0 fully saturated rings. The van der Waals surface area contributed by atoms with E-state index >= 15 is 0 Å². The molecule has 0 N–H and O–H groups in total. The number of nitrogens with zero attached hydrogens (tertiary/aromatic N) is 5. The monoisotopic (exact) mass is 309 g/mol. The number of fused-ring (bicyclic) bond motifs is 1. The van der Waals surface area contributed by atoms with Crippen molar-refractivity contribution < 1.29 is 0 Å². The Labute approximate surface area is 134 Å². The predicted molar refractivity (Wildman–Crippen MR) is 89.3 cm³/mol. The molecule has 2 rings (SSSR count). The number of benzene rings is 1. The van der Waals surface area contributed by atoms with Crippen LogP contribution in [0.5, 0.6) is 0 Å². The molecule has 0 amide bonds. The van der Waals surface area contributed by atoms with Crippen LogP contribution in [-0.4, -0.2) is 14.8 Å². The Balaban J connectivity index is 2.62. The Hall–Kier alpha value is -2.86. The zero-order valence-electron chi connectivity index (χ0n) is 13.7. The van der Waals surface area contributed by atoms with E-state index in [1.165, 1.54) is 0 Å². The summed E-state index contributed by atoms with van der Waals surface area (Å²) in [6.07, 6.45) is 0. The van der Waals surface area contributed by atoms with Gasteiger partial charge in [0.2, 0.25) is 5.71 Å². The third-order valence-corrected chi connectivity index (χ3v) is 3.64. The number of hydrogen-bond donors (Lipinski definition) is 0. The van der Waals surface area contributed by atoms with Gasteiger partial charge in [-0.3, -0.25) is 14.1 Å². The van der Waals surface area contributed by atoms with Gasteiger partial charge in [-0.05, 0) is 45.4 Å². The molecule has 0 aliphatic carbocycles. The fraction of sp³-hybridized carbons (Fsp3) is 0.412. The first-order valence-electron chi connectivity index (χ1n) is 7.50. The highest BCUT2D eigenvalue weighted by Gasteiger charge is 2.17. The van der Waals surface area contributed by atoms with Crippen LogP contribution in [-0.2, 0) is 6.54 Å². The van der Waals surface area contributed by atoms with Crippen LogP contribution in [0.1, 0.15) is 45.3 Å². The molecule has 0 saturated heterocycles. The van der Waals surface area contributed by atoms with Crippen molar-refractivity contribution in [2.45, 2.75) is 46.3 Å². The maximum absolute atomic E-state index is 12.7. The molecular formula is C17H19N5O. The number of nitriles is 2. The van der Waals surface area contributed by atoms with Gasteiger partial charge in [-0.15, -0.1) is 0 Å². The Morgan fingerprint density at radius 1 is 1.09 bits per heavy atom. The van der Waals surface area contributed by atoms with Crippen LogP contribution in [0, 0.1) is 22.7 Å². The number of aliphatic imine (C=N–C) groups is 1. The summed E-state index contributed by atoms with van der Waals surface area (Å²) in [6.45, 7) is 8.15. The Bertz CT molecular complexity index is 884. The molecule has 2 aromatic rings. The highest BCUT2D eigenvalue weighted by molar-refractivity contribution is 6.10. The fourth-order valence-electron chi connectivity index (χ4n) is 2.65. The lowest BCUT2D eigenvalue weighted by molar-refractivity contribution is 0.533. The number of hydrogen-bond acceptors (Lipinski definition) is 4. The summed E-state index contributed by atoms with van der Waals surface area (Å²) in [5.74, 6) is 0. The van der Waals surface area contributed by atoms with E-state index in [9.17, 15) is 4.79 Å². The maximum Gasteiger partial charge on any atom is 0.329 e. The van der Waals surface area contributed by atoms with Gasteiger partial charge < -0.3 is 0 Å². The van der Waals surface area contributed by atoms with Gasteiger partial charge in [-0.2, -0.15) is 10.5 Å². The van der Waals surface area contributed by atoms with Gasteiger partial charge >= 0.3 is 5.69 Å². The third kappa shape index (κ3) is 3.02. The molecule has 0 saturated carbocycles. The molecule has 0 unspecified atom stereocenters. The van der Waals surface area contributed by atoms with Gasteiger partial charge in [-0.1, -0.05) is 6.07 Å². The van der Waals surface area contributed by atoms with Gasteiger partial charge in [0.1, 0.15) is 12.1 Å². The van der Waals surface area contributed by atoms with Crippen molar-refractivity contribution in [2.75, 3.05) is 0 Å². The molecule has 118 valence electrons. The van der Waals surface area contributed by atoms with Crippen molar-refractivity contribution >= 4 is 16.7 Å². The van der Waals surface area contributed by atoms with E-state index in [-0.39, 0.29) is 30.0 Å². The fourth-order valence-corrected chi connectivity index (χ4v) is 2.65. The maximum atomic E-state index is 12.7. The van der Waals surface area contributed by atoms with Crippen LogP contribution in [0.25, 0.3) is 11.0 Å². The first-order chi connectivity index (χ1) is 10.9. The summed E-state index contributed by atoms with van der Waals surface area (Å²) in [7, 11) is 0. The van der Waals surface area contributed by atoms with Crippen LogP contribution in [0.2, 0.25) is 0 Å². The average molecular weight is 309 g/mol. The Kier molecular flexibility index (Phi) is 4.66. The minimum absolute atomic E-state index is 0.0274. The molecule has 0 atom stereocenters. The predicted octanol–water partition coefficient (Wildman–Crippen LogP) is 2.95. The van der Waals surface area contributed by atoms with E-state index in [0.29, 0.717) is 0 Å². The molecule has 6 nitrogen and oxygen atoms in total. The van der Waals surface area contributed by atoms with Crippen LogP contribution >= 0.6 is 0 Å². The minimum atomic E-state index is -0.147. The Morgan fingerprint density at radius 2 is 1.65 bits per heavy atom. The van der Waals surface area contributed by atoms with Gasteiger partial charge in [0.05, 0.1) is 17.6 Å². The van der Waals surface area contributed by atoms with Crippen LogP contribution in [0.3, 0.4) is 0 Å². The first-order valence-corrected chi connectivity index (χ1v) is 7.50. The summed E-state index contributed by atoms with van der Waals surface area (Å²) in [5, 5.41) is 17.5. The molecule has 0 spiro atoms. The van der Waals surface area contributed by atoms with Gasteiger partial charge in [-0.25, -0.2) is 4.79 Å². The minimum Gasteiger partial charge on any atom is -0.289 e. The quantitative estimate of drug-likeness (QED) is 0.813. The lowest BCUT2D eigenvalue weighted by atomic mass is 10.2. The van der Waals surface area contributed by atoms with Crippen LogP contribution in [0.15, 0.2) is 28.0 Å². The molecule has 0 aliphatic rings. The topological polar surface area (TPSA) is 86.9 Å². The summed E-state index contributed by atoms with van der Waals surface area (Å²) < 4.78 is 3.54. The van der Waals surface area contributed by atoms with Gasteiger partial charge in [0, 0.05) is 12.1 Å². The molecule has 0 radical (unpaired) electrons. The van der Waals surface area contributed by atoms with E-state index in [1.807, 2.05) is 45.9 Å². The summed E-state index contributed by atoms with van der Waals surface area (Å²) in [5.41, 5.74) is 2.41. The molecule has 23 heavy (non-hydrogen) atoms. The molecule has 0 aliphatic heterocycles. The van der Waals surface area contributed by atoms with Crippen molar-refractivity contribution in [2.24, 2.45) is 4.99 Å². The Morgan fingerprint density at radius 3 is 2.17 bits per heavy atom.